The fourth-order valence-corrected chi connectivity index (χ4v) is 3.91. The lowest BCUT2D eigenvalue weighted by molar-refractivity contribution is -0.139. The molecule has 0 aliphatic carbocycles. The number of nitrogens with zero attached hydrogens (tertiary/aromatic N) is 2. The Balaban J connectivity index is 1.97. The molecular weight excluding hydrogens is 272 g/mol. The minimum absolute atomic E-state index is 0.419. The molecule has 4 nitrogen and oxygen atoms in total. The summed E-state index contributed by atoms with van der Waals surface area (Å²) in [6.45, 7) is 2.95. The van der Waals surface area contributed by atoms with Crippen LogP contribution >= 0.6 is 11.5 Å². The maximum atomic E-state index is 11.6. The zero-order valence-electron chi connectivity index (χ0n) is 11.5. The lowest BCUT2D eigenvalue weighted by Crippen LogP contribution is -2.47. The van der Waals surface area contributed by atoms with Crippen molar-refractivity contribution >= 4 is 33.4 Å². The van der Waals surface area contributed by atoms with Gasteiger partial charge in [0.1, 0.15) is 11.0 Å². The molecule has 2 atom stereocenters. The third-order valence-electron chi connectivity index (χ3n) is 4.20. The maximum absolute atomic E-state index is 11.6. The molecule has 2 unspecified atom stereocenters. The zero-order chi connectivity index (χ0) is 14.1. The number of carboxylic acids is 1. The average Bonchev–Trinajstić information content (AvgIpc) is 2.90. The SMILES string of the molecule is CCC1CCN(c2snc3ccccc23)C(C(=O)O)C1. The minimum Gasteiger partial charge on any atom is -0.480 e. The zero-order valence-corrected chi connectivity index (χ0v) is 12.3. The van der Waals surface area contributed by atoms with Crippen LogP contribution in [0.1, 0.15) is 26.2 Å². The van der Waals surface area contributed by atoms with Crippen LogP contribution in [0.3, 0.4) is 0 Å². The molecular formula is C15H18N2O2S. The van der Waals surface area contributed by atoms with E-state index >= 15 is 0 Å². The van der Waals surface area contributed by atoms with Gasteiger partial charge in [-0.15, -0.1) is 0 Å². The Bertz CT molecular complexity index is 625. The molecule has 1 aromatic carbocycles. The first-order valence-corrected chi connectivity index (χ1v) is 7.82. The number of anilines is 1. The van der Waals surface area contributed by atoms with E-state index in [2.05, 4.69) is 11.3 Å². The smallest absolute Gasteiger partial charge is 0.326 e. The Morgan fingerprint density at radius 1 is 1.50 bits per heavy atom. The number of hydrogen-bond donors (Lipinski definition) is 1. The quantitative estimate of drug-likeness (QED) is 0.941. The van der Waals surface area contributed by atoms with E-state index in [0.717, 1.165) is 41.7 Å². The third kappa shape index (κ3) is 2.26. The van der Waals surface area contributed by atoms with Gasteiger partial charge in [-0.05, 0) is 42.4 Å². The Hall–Kier alpha value is -1.62. The average molecular weight is 290 g/mol. The van der Waals surface area contributed by atoms with Gasteiger partial charge in [-0.1, -0.05) is 25.5 Å². The molecule has 3 rings (SSSR count). The van der Waals surface area contributed by atoms with E-state index in [1.165, 1.54) is 11.5 Å². The number of carbonyl (C=O) groups is 1. The number of benzene rings is 1. The summed E-state index contributed by atoms with van der Waals surface area (Å²) < 4.78 is 4.43. The molecule has 0 amide bonds. The molecule has 1 N–H and O–H groups in total. The van der Waals surface area contributed by atoms with Gasteiger partial charge in [-0.3, -0.25) is 0 Å². The van der Waals surface area contributed by atoms with Gasteiger partial charge in [0, 0.05) is 11.9 Å². The summed E-state index contributed by atoms with van der Waals surface area (Å²) in [6.07, 6.45) is 2.85. The van der Waals surface area contributed by atoms with Gasteiger partial charge in [0.2, 0.25) is 0 Å². The van der Waals surface area contributed by atoms with Gasteiger partial charge in [0.05, 0.1) is 5.52 Å². The van der Waals surface area contributed by atoms with Crippen LogP contribution in [-0.4, -0.2) is 28.0 Å². The maximum Gasteiger partial charge on any atom is 0.326 e. The molecule has 0 saturated carbocycles. The van der Waals surface area contributed by atoms with Crippen molar-refractivity contribution in [2.75, 3.05) is 11.4 Å². The largest absolute Gasteiger partial charge is 0.480 e. The molecule has 1 saturated heterocycles. The van der Waals surface area contributed by atoms with Crippen molar-refractivity contribution in [1.82, 2.24) is 4.37 Å². The fraction of sp³-hybridized carbons (Fsp3) is 0.467. The molecule has 2 heterocycles. The summed E-state index contributed by atoms with van der Waals surface area (Å²) in [5.41, 5.74) is 0.953. The van der Waals surface area contributed by atoms with Crippen LogP contribution < -0.4 is 4.90 Å². The Morgan fingerprint density at radius 2 is 2.30 bits per heavy atom. The van der Waals surface area contributed by atoms with Crippen LogP contribution in [0.5, 0.6) is 0 Å². The van der Waals surface area contributed by atoms with Gasteiger partial charge in [-0.25, -0.2) is 4.79 Å². The van der Waals surface area contributed by atoms with Crippen molar-refractivity contribution in [1.29, 1.82) is 0 Å². The third-order valence-corrected chi connectivity index (χ3v) is 5.11. The van der Waals surface area contributed by atoms with Crippen molar-refractivity contribution in [3.8, 4) is 0 Å². The molecule has 1 aliphatic heterocycles. The fourth-order valence-electron chi connectivity index (χ4n) is 2.97. The number of rotatable bonds is 3. The standard InChI is InChI=1S/C15H18N2O2S/c1-2-10-7-8-17(13(9-10)15(18)19)14-11-5-3-4-6-12(11)16-20-14/h3-6,10,13H,2,7-9H2,1H3,(H,18,19). The molecule has 1 aliphatic rings. The highest BCUT2D eigenvalue weighted by molar-refractivity contribution is 7.11. The lowest BCUT2D eigenvalue weighted by atomic mass is 9.89. The van der Waals surface area contributed by atoms with Gasteiger partial charge >= 0.3 is 5.97 Å². The van der Waals surface area contributed by atoms with E-state index in [1.54, 1.807) is 0 Å². The van der Waals surface area contributed by atoms with E-state index in [-0.39, 0.29) is 0 Å². The van der Waals surface area contributed by atoms with Crippen LogP contribution in [0.2, 0.25) is 0 Å². The molecule has 1 aromatic heterocycles. The second kappa shape index (κ2) is 5.40. The van der Waals surface area contributed by atoms with Crippen molar-refractivity contribution in [2.45, 2.75) is 32.2 Å². The van der Waals surface area contributed by atoms with Crippen molar-refractivity contribution in [2.24, 2.45) is 5.92 Å². The lowest BCUT2D eigenvalue weighted by Gasteiger charge is -2.37. The molecule has 2 aromatic rings. The molecule has 20 heavy (non-hydrogen) atoms. The normalized spacial score (nSPS) is 23.1. The first-order valence-electron chi connectivity index (χ1n) is 7.04. The van der Waals surface area contributed by atoms with Crippen molar-refractivity contribution in [3.05, 3.63) is 24.3 Å². The van der Waals surface area contributed by atoms with Crippen LogP contribution in [0, 0.1) is 5.92 Å². The van der Waals surface area contributed by atoms with Crippen molar-refractivity contribution in [3.63, 3.8) is 0 Å². The van der Waals surface area contributed by atoms with E-state index in [9.17, 15) is 9.90 Å². The van der Waals surface area contributed by atoms with E-state index in [0.29, 0.717) is 5.92 Å². The number of hydrogen-bond acceptors (Lipinski definition) is 4. The number of carboxylic acid groups (broad SMARTS) is 1. The van der Waals surface area contributed by atoms with E-state index < -0.39 is 12.0 Å². The Kier molecular flexibility index (Phi) is 3.61. The number of fused-ring (bicyclic) bond motifs is 1. The Labute approximate surface area is 122 Å². The van der Waals surface area contributed by atoms with Gasteiger partial charge in [-0.2, -0.15) is 4.37 Å². The van der Waals surface area contributed by atoms with E-state index in [1.807, 2.05) is 29.2 Å². The van der Waals surface area contributed by atoms with Gasteiger partial charge < -0.3 is 10.0 Å². The predicted octanol–water partition coefficient (Wildman–Crippen LogP) is 3.38. The van der Waals surface area contributed by atoms with Crippen LogP contribution in [-0.2, 0) is 4.79 Å². The topological polar surface area (TPSA) is 53.4 Å². The second-order valence-corrected chi connectivity index (χ2v) is 6.10. The number of aliphatic carboxylic acids is 1. The Morgan fingerprint density at radius 3 is 3.05 bits per heavy atom. The first kappa shape index (κ1) is 13.4. The molecule has 0 spiro atoms. The highest BCUT2D eigenvalue weighted by Gasteiger charge is 2.34. The predicted molar refractivity (Wildman–Crippen MR) is 81.4 cm³/mol. The monoisotopic (exact) mass is 290 g/mol. The highest BCUT2D eigenvalue weighted by atomic mass is 32.1. The summed E-state index contributed by atoms with van der Waals surface area (Å²) in [6, 6.07) is 7.53. The molecule has 5 heteroatoms. The summed E-state index contributed by atoms with van der Waals surface area (Å²) in [4.78, 5) is 13.6. The number of aromatic nitrogens is 1. The van der Waals surface area contributed by atoms with Crippen LogP contribution in [0.4, 0.5) is 5.00 Å². The van der Waals surface area contributed by atoms with Crippen molar-refractivity contribution < 1.29 is 9.90 Å². The molecule has 0 bridgehead atoms. The molecule has 106 valence electrons. The number of piperidine rings is 1. The van der Waals surface area contributed by atoms with E-state index in [4.69, 9.17) is 0 Å². The van der Waals surface area contributed by atoms with Gasteiger partial charge in [0.15, 0.2) is 0 Å². The second-order valence-electron chi connectivity index (χ2n) is 5.35. The summed E-state index contributed by atoms with van der Waals surface area (Å²) in [7, 11) is 0. The molecule has 1 fully saturated rings. The highest BCUT2D eigenvalue weighted by Crippen LogP contribution is 2.37. The molecule has 0 radical (unpaired) electrons. The summed E-state index contributed by atoms with van der Waals surface area (Å²) in [5.74, 6) is -0.202. The summed E-state index contributed by atoms with van der Waals surface area (Å²) >= 11 is 1.41. The summed E-state index contributed by atoms with van der Waals surface area (Å²) in [5, 5.41) is 11.6. The van der Waals surface area contributed by atoms with Gasteiger partial charge in [0.25, 0.3) is 0 Å². The van der Waals surface area contributed by atoms with Crippen LogP contribution in [0.15, 0.2) is 24.3 Å². The minimum atomic E-state index is -0.722. The first-order chi connectivity index (χ1) is 9.70. The van der Waals surface area contributed by atoms with Crippen LogP contribution in [0.25, 0.3) is 10.9 Å².